The first kappa shape index (κ1) is 18.9. The molecule has 1 aliphatic rings. The van der Waals surface area contributed by atoms with Gasteiger partial charge in [-0.25, -0.2) is 0 Å². The standard InChI is InChI=1S/C20H20N4O5/c1-27-18-7-3-2-6-15(18)19-22-20(29-23-19)13-8-9-16(17(11-13)24(25)26)21-12-14-5-4-10-28-14/h2-3,6-9,11,14,21H,4-5,10,12H2,1H3/t14-/m0/s1. The van der Waals surface area contributed by atoms with Crippen molar-refractivity contribution in [3.05, 3.63) is 52.6 Å². The number of nitrogens with zero attached hydrogens (tertiary/aromatic N) is 3. The van der Waals surface area contributed by atoms with Crippen LogP contribution in [0.25, 0.3) is 22.8 Å². The van der Waals surface area contributed by atoms with Gasteiger partial charge >= 0.3 is 0 Å². The third-order valence-electron chi connectivity index (χ3n) is 4.76. The SMILES string of the molecule is COc1ccccc1-c1noc(-c2ccc(NC[C@@H]3CCCO3)c([N+](=O)[O-])c2)n1. The molecule has 0 saturated carbocycles. The van der Waals surface area contributed by atoms with E-state index in [1.54, 1.807) is 25.3 Å². The number of anilines is 1. The smallest absolute Gasteiger partial charge is 0.293 e. The Kier molecular flexibility index (Phi) is 5.39. The molecule has 0 amide bonds. The lowest BCUT2D eigenvalue weighted by Crippen LogP contribution is -2.18. The minimum atomic E-state index is -0.432. The lowest BCUT2D eigenvalue weighted by Gasteiger charge is -2.12. The van der Waals surface area contributed by atoms with E-state index in [1.807, 2.05) is 18.2 Å². The maximum absolute atomic E-state index is 11.6. The molecule has 1 atom stereocenters. The Morgan fingerprint density at radius 2 is 2.17 bits per heavy atom. The highest BCUT2D eigenvalue weighted by Crippen LogP contribution is 2.33. The van der Waals surface area contributed by atoms with E-state index >= 15 is 0 Å². The van der Waals surface area contributed by atoms with E-state index in [0.717, 1.165) is 19.4 Å². The van der Waals surface area contributed by atoms with Gasteiger partial charge in [-0.3, -0.25) is 10.1 Å². The van der Waals surface area contributed by atoms with Gasteiger partial charge in [0.25, 0.3) is 11.6 Å². The topological polar surface area (TPSA) is 113 Å². The zero-order chi connectivity index (χ0) is 20.2. The van der Waals surface area contributed by atoms with Crippen LogP contribution in [0.4, 0.5) is 11.4 Å². The van der Waals surface area contributed by atoms with Crippen LogP contribution >= 0.6 is 0 Å². The lowest BCUT2D eigenvalue weighted by molar-refractivity contribution is -0.383. The summed E-state index contributed by atoms with van der Waals surface area (Å²) in [5, 5.41) is 18.7. The molecule has 1 aliphatic heterocycles. The molecule has 9 nitrogen and oxygen atoms in total. The van der Waals surface area contributed by atoms with Crippen LogP contribution in [0.1, 0.15) is 12.8 Å². The molecule has 0 unspecified atom stereocenters. The van der Waals surface area contributed by atoms with Crippen molar-refractivity contribution in [1.82, 2.24) is 10.1 Å². The van der Waals surface area contributed by atoms with E-state index in [2.05, 4.69) is 15.5 Å². The molecule has 1 N–H and O–H groups in total. The molecule has 0 aliphatic carbocycles. The largest absolute Gasteiger partial charge is 0.496 e. The predicted octanol–water partition coefficient (Wildman–Crippen LogP) is 3.91. The van der Waals surface area contributed by atoms with Crippen LogP contribution in [0, 0.1) is 10.1 Å². The molecule has 150 valence electrons. The van der Waals surface area contributed by atoms with E-state index in [1.165, 1.54) is 6.07 Å². The molecule has 3 aromatic rings. The molecule has 0 radical (unpaired) electrons. The van der Waals surface area contributed by atoms with Crippen LogP contribution in [0.15, 0.2) is 47.0 Å². The van der Waals surface area contributed by atoms with Crippen LogP contribution in [0.2, 0.25) is 0 Å². The quantitative estimate of drug-likeness (QED) is 0.472. The number of nitro benzene ring substituents is 1. The Hall–Kier alpha value is -3.46. The molecule has 1 fully saturated rings. The number of ether oxygens (including phenoxy) is 2. The van der Waals surface area contributed by atoms with Crippen molar-refractivity contribution in [2.45, 2.75) is 18.9 Å². The van der Waals surface area contributed by atoms with Gasteiger partial charge in [-0.2, -0.15) is 4.98 Å². The molecule has 9 heteroatoms. The summed E-state index contributed by atoms with van der Waals surface area (Å²) in [6.45, 7) is 1.26. The third-order valence-corrected chi connectivity index (χ3v) is 4.76. The van der Waals surface area contributed by atoms with Gasteiger partial charge < -0.3 is 19.3 Å². The first-order valence-corrected chi connectivity index (χ1v) is 9.27. The summed E-state index contributed by atoms with van der Waals surface area (Å²) in [5.74, 6) is 1.15. The van der Waals surface area contributed by atoms with Crippen LogP contribution in [0.5, 0.6) is 5.75 Å². The van der Waals surface area contributed by atoms with Gasteiger partial charge in [0.05, 0.1) is 23.7 Å². The molecular weight excluding hydrogens is 376 g/mol. The number of hydrogen-bond acceptors (Lipinski definition) is 8. The predicted molar refractivity (Wildman–Crippen MR) is 106 cm³/mol. The average molecular weight is 396 g/mol. The van der Waals surface area contributed by atoms with Gasteiger partial charge in [-0.05, 0) is 37.1 Å². The van der Waals surface area contributed by atoms with Gasteiger partial charge in [-0.1, -0.05) is 17.3 Å². The molecule has 2 heterocycles. The Labute approximate surface area is 166 Å². The van der Waals surface area contributed by atoms with Gasteiger partial charge in [0, 0.05) is 24.8 Å². The van der Waals surface area contributed by atoms with Crippen LogP contribution < -0.4 is 10.1 Å². The molecule has 4 rings (SSSR count). The van der Waals surface area contributed by atoms with Gasteiger partial charge in [0.1, 0.15) is 11.4 Å². The Morgan fingerprint density at radius 3 is 2.93 bits per heavy atom. The maximum atomic E-state index is 11.6. The maximum Gasteiger partial charge on any atom is 0.293 e. The zero-order valence-electron chi connectivity index (χ0n) is 15.8. The molecule has 2 aromatic carbocycles. The first-order chi connectivity index (χ1) is 14.2. The van der Waals surface area contributed by atoms with E-state index in [0.29, 0.717) is 34.9 Å². The second-order valence-corrected chi connectivity index (χ2v) is 6.63. The number of aromatic nitrogens is 2. The number of nitrogens with one attached hydrogen (secondary N) is 1. The summed E-state index contributed by atoms with van der Waals surface area (Å²) in [4.78, 5) is 15.5. The highest BCUT2D eigenvalue weighted by atomic mass is 16.6. The Balaban J connectivity index is 1.59. The van der Waals surface area contributed by atoms with E-state index in [9.17, 15) is 10.1 Å². The molecule has 0 spiro atoms. The average Bonchev–Trinajstić information content (AvgIpc) is 3.44. The number of rotatable bonds is 7. The molecule has 0 bridgehead atoms. The highest BCUT2D eigenvalue weighted by Gasteiger charge is 2.21. The van der Waals surface area contributed by atoms with Gasteiger partial charge in [0.15, 0.2) is 0 Å². The first-order valence-electron chi connectivity index (χ1n) is 9.27. The fourth-order valence-electron chi connectivity index (χ4n) is 3.27. The monoisotopic (exact) mass is 396 g/mol. The fourth-order valence-corrected chi connectivity index (χ4v) is 3.27. The third kappa shape index (κ3) is 4.04. The normalized spacial score (nSPS) is 16.0. The summed E-state index contributed by atoms with van der Waals surface area (Å²) in [7, 11) is 1.56. The Morgan fingerprint density at radius 1 is 1.31 bits per heavy atom. The molecular formula is C20H20N4O5. The fraction of sp³-hybridized carbons (Fsp3) is 0.300. The van der Waals surface area contributed by atoms with E-state index in [4.69, 9.17) is 14.0 Å². The van der Waals surface area contributed by atoms with Crippen molar-refractivity contribution >= 4 is 11.4 Å². The second-order valence-electron chi connectivity index (χ2n) is 6.63. The van der Waals surface area contributed by atoms with Gasteiger partial charge in [0.2, 0.25) is 5.82 Å². The van der Waals surface area contributed by atoms with E-state index < -0.39 is 4.92 Å². The number of hydrogen-bond donors (Lipinski definition) is 1. The summed E-state index contributed by atoms with van der Waals surface area (Å²) in [6, 6.07) is 12.1. The van der Waals surface area contributed by atoms with Crippen molar-refractivity contribution in [2.24, 2.45) is 0 Å². The number of benzene rings is 2. The summed E-state index contributed by atoms with van der Waals surface area (Å²) < 4.78 is 16.2. The van der Waals surface area contributed by atoms with Crippen LogP contribution in [-0.2, 0) is 4.74 Å². The molecule has 29 heavy (non-hydrogen) atoms. The Bertz CT molecular complexity index is 1010. The number of nitro groups is 1. The van der Waals surface area contributed by atoms with Crippen molar-refractivity contribution < 1.29 is 18.9 Å². The lowest BCUT2D eigenvalue weighted by atomic mass is 10.1. The summed E-state index contributed by atoms with van der Waals surface area (Å²) in [6.07, 6.45) is 2.04. The number of methoxy groups -OCH3 is 1. The van der Waals surface area contributed by atoms with Crippen molar-refractivity contribution in [1.29, 1.82) is 0 Å². The van der Waals surface area contributed by atoms with Gasteiger partial charge in [-0.15, -0.1) is 0 Å². The van der Waals surface area contributed by atoms with Crippen LogP contribution in [-0.4, -0.2) is 41.4 Å². The molecule has 1 saturated heterocycles. The van der Waals surface area contributed by atoms with Crippen molar-refractivity contribution in [3.8, 4) is 28.6 Å². The van der Waals surface area contributed by atoms with E-state index in [-0.39, 0.29) is 17.7 Å². The minimum Gasteiger partial charge on any atom is -0.496 e. The van der Waals surface area contributed by atoms with Crippen molar-refractivity contribution in [2.75, 3.05) is 25.6 Å². The highest BCUT2D eigenvalue weighted by molar-refractivity contribution is 5.71. The van der Waals surface area contributed by atoms with Crippen LogP contribution in [0.3, 0.4) is 0 Å². The second kappa shape index (κ2) is 8.27. The minimum absolute atomic E-state index is 0.0578. The molecule has 1 aromatic heterocycles. The number of para-hydroxylation sites is 1. The zero-order valence-corrected chi connectivity index (χ0v) is 15.8. The van der Waals surface area contributed by atoms with Crippen molar-refractivity contribution in [3.63, 3.8) is 0 Å². The summed E-state index contributed by atoms with van der Waals surface area (Å²) >= 11 is 0. The summed E-state index contributed by atoms with van der Waals surface area (Å²) in [5.41, 5.74) is 1.51.